The summed E-state index contributed by atoms with van der Waals surface area (Å²) in [6, 6.07) is 9.92. The number of piperidine rings is 1. The molecule has 36 heavy (non-hydrogen) atoms. The van der Waals surface area contributed by atoms with E-state index >= 15 is 0 Å². The number of anilines is 1. The van der Waals surface area contributed by atoms with Gasteiger partial charge in [0, 0.05) is 24.8 Å². The summed E-state index contributed by atoms with van der Waals surface area (Å²) in [5, 5.41) is 6.87. The van der Waals surface area contributed by atoms with Gasteiger partial charge in [0.1, 0.15) is 11.3 Å². The maximum absolute atomic E-state index is 14.0. The number of nitrogens with zero attached hydrogens (tertiary/aromatic N) is 3. The lowest BCUT2D eigenvalue weighted by Gasteiger charge is -2.33. The molecule has 0 aliphatic carbocycles. The minimum absolute atomic E-state index is 0.145. The maximum Gasteiger partial charge on any atom is 0.288 e. The number of rotatable bonds is 5. The van der Waals surface area contributed by atoms with Crippen molar-refractivity contribution in [3.8, 4) is 22.6 Å². The Morgan fingerprint density at radius 2 is 1.92 bits per heavy atom. The van der Waals surface area contributed by atoms with Crippen molar-refractivity contribution in [3.63, 3.8) is 0 Å². The lowest BCUT2D eigenvalue weighted by atomic mass is 10.1. The van der Waals surface area contributed by atoms with Gasteiger partial charge in [-0.05, 0) is 48.7 Å². The molecule has 4 aromatic rings. The molecule has 3 N–H and O–H groups in total. The summed E-state index contributed by atoms with van der Waals surface area (Å²) in [5.41, 5.74) is 7.52. The molecule has 1 aliphatic heterocycles. The summed E-state index contributed by atoms with van der Waals surface area (Å²) in [4.78, 5) is 26.8. The fourth-order valence-corrected chi connectivity index (χ4v) is 4.65. The van der Waals surface area contributed by atoms with Gasteiger partial charge in [-0.2, -0.15) is 5.10 Å². The van der Waals surface area contributed by atoms with Gasteiger partial charge in [0.05, 0.1) is 11.4 Å². The second kappa shape index (κ2) is 9.29. The molecule has 0 radical (unpaired) electrons. The van der Waals surface area contributed by atoms with E-state index in [1.807, 2.05) is 10.8 Å². The fraction of sp³-hybridized carbons (Fsp3) is 0.192. The number of carbonyl (C=O) groups excluding carboxylic acids is 1. The van der Waals surface area contributed by atoms with Crippen LogP contribution in [0.2, 0.25) is 0 Å². The molecule has 2 aromatic heterocycles. The molecule has 3 heterocycles. The number of aromatic amines is 1. The first-order chi connectivity index (χ1) is 17.4. The summed E-state index contributed by atoms with van der Waals surface area (Å²) < 4.78 is 35.2. The zero-order valence-electron chi connectivity index (χ0n) is 19.2. The normalized spacial score (nSPS) is 15.7. The number of fused-ring (bicyclic) bond motifs is 1. The van der Waals surface area contributed by atoms with Crippen molar-refractivity contribution in [2.24, 2.45) is 0 Å². The van der Waals surface area contributed by atoms with E-state index in [1.54, 1.807) is 29.2 Å². The van der Waals surface area contributed by atoms with Crippen LogP contribution < -0.4 is 16.0 Å². The van der Waals surface area contributed by atoms with E-state index in [0.717, 1.165) is 25.0 Å². The van der Waals surface area contributed by atoms with Gasteiger partial charge in [-0.3, -0.25) is 9.59 Å². The molecule has 8 nitrogen and oxygen atoms in total. The Morgan fingerprint density at radius 1 is 1.19 bits per heavy atom. The van der Waals surface area contributed by atoms with Crippen LogP contribution in [-0.4, -0.2) is 38.7 Å². The Morgan fingerprint density at radius 3 is 2.61 bits per heavy atom. The number of nitrogens with two attached hydrogens (primary N) is 1. The zero-order chi connectivity index (χ0) is 25.4. The number of hydrogen-bond donors (Lipinski definition) is 2. The molecule has 1 atom stereocenters. The van der Waals surface area contributed by atoms with Crippen LogP contribution in [0.15, 0.2) is 66.1 Å². The molecule has 184 valence electrons. The highest BCUT2D eigenvalue weighted by atomic mass is 19.1. The topological polar surface area (TPSA) is 106 Å². The Balaban J connectivity index is 1.54. The first-order valence-electron chi connectivity index (χ1n) is 11.4. The van der Waals surface area contributed by atoms with Gasteiger partial charge >= 0.3 is 0 Å². The smallest absolute Gasteiger partial charge is 0.288 e. The Labute approximate surface area is 204 Å². The fourth-order valence-electron chi connectivity index (χ4n) is 4.65. The second-order valence-electron chi connectivity index (χ2n) is 8.57. The third kappa shape index (κ3) is 4.10. The molecule has 2 aromatic carbocycles. The average molecular weight is 491 g/mol. The van der Waals surface area contributed by atoms with E-state index in [0.29, 0.717) is 35.1 Å². The Kier molecular flexibility index (Phi) is 6.01. The summed E-state index contributed by atoms with van der Waals surface area (Å²) >= 11 is 0. The Hall–Kier alpha value is -4.47. The van der Waals surface area contributed by atoms with Crippen LogP contribution in [0.25, 0.3) is 22.0 Å². The van der Waals surface area contributed by atoms with Gasteiger partial charge < -0.3 is 19.9 Å². The first-order valence-corrected chi connectivity index (χ1v) is 11.4. The number of nitrogens with one attached hydrogen (secondary N) is 1. The SMILES string of the molecule is C=CC(=O)N1CCC[C@H](n2cc(-c3ccc(Oc4c(F)cccc4F)cc3)c3c(N)n[nH]c(=O)c32)C1. The van der Waals surface area contributed by atoms with Crippen molar-refractivity contribution < 1.29 is 18.3 Å². The average Bonchev–Trinajstić information content (AvgIpc) is 3.31. The van der Waals surface area contributed by atoms with Crippen LogP contribution in [0.1, 0.15) is 18.9 Å². The number of ether oxygens (including phenoxy) is 1. The molecule has 0 unspecified atom stereocenters. The number of amides is 1. The van der Waals surface area contributed by atoms with Gasteiger partial charge in [-0.25, -0.2) is 13.9 Å². The van der Waals surface area contributed by atoms with Crippen LogP contribution in [-0.2, 0) is 4.79 Å². The summed E-state index contributed by atoms with van der Waals surface area (Å²) in [6.45, 7) is 4.62. The number of nitrogen functional groups attached to an aromatic ring is 1. The predicted molar refractivity (Wildman–Crippen MR) is 132 cm³/mol. The van der Waals surface area contributed by atoms with Crippen LogP contribution >= 0.6 is 0 Å². The van der Waals surface area contributed by atoms with Gasteiger partial charge in [0.15, 0.2) is 23.2 Å². The quantitative estimate of drug-likeness (QED) is 0.403. The lowest BCUT2D eigenvalue weighted by Crippen LogP contribution is -2.40. The highest BCUT2D eigenvalue weighted by Crippen LogP contribution is 2.37. The molecule has 0 spiro atoms. The molecule has 0 saturated carbocycles. The standard InChI is InChI=1S/C26H23F2N5O3/c1-2-21(34)32-12-4-5-16(13-32)33-14-18(22-23(33)26(35)31-30-25(22)29)15-8-10-17(11-9-15)36-24-19(27)6-3-7-20(24)28/h2-3,6-11,14,16H,1,4-5,12-13H2,(H2,29,30)(H,31,35)/t16-/m0/s1. The summed E-state index contributed by atoms with van der Waals surface area (Å²) in [6.07, 6.45) is 4.66. The third-order valence-corrected chi connectivity index (χ3v) is 6.36. The van der Waals surface area contributed by atoms with Crippen LogP contribution in [0.4, 0.5) is 14.6 Å². The monoisotopic (exact) mass is 491 g/mol. The highest BCUT2D eigenvalue weighted by Gasteiger charge is 2.27. The van der Waals surface area contributed by atoms with Gasteiger partial charge in [0.2, 0.25) is 5.91 Å². The molecular formula is C26H23F2N5O3. The number of carbonyl (C=O) groups is 1. The third-order valence-electron chi connectivity index (χ3n) is 6.36. The number of likely N-dealkylation sites (tertiary alicyclic amines) is 1. The molecule has 1 fully saturated rings. The van der Waals surface area contributed by atoms with E-state index in [2.05, 4.69) is 16.8 Å². The number of benzene rings is 2. The van der Waals surface area contributed by atoms with E-state index in [9.17, 15) is 18.4 Å². The number of H-pyrrole nitrogens is 1. The molecule has 1 aliphatic rings. The number of halogens is 2. The van der Waals surface area contributed by atoms with Crippen LogP contribution in [0.5, 0.6) is 11.5 Å². The number of hydrogen-bond acceptors (Lipinski definition) is 5. The lowest BCUT2D eigenvalue weighted by molar-refractivity contribution is -0.127. The van der Waals surface area contributed by atoms with Crippen molar-refractivity contribution in [2.75, 3.05) is 18.8 Å². The van der Waals surface area contributed by atoms with E-state index in [4.69, 9.17) is 10.5 Å². The maximum atomic E-state index is 14.0. The second-order valence-corrected chi connectivity index (χ2v) is 8.57. The molecule has 10 heteroatoms. The van der Waals surface area contributed by atoms with Crippen molar-refractivity contribution in [3.05, 3.63) is 83.3 Å². The zero-order valence-corrected chi connectivity index (χ0v) is 19.2. The Bertz CT molecular complexity index is 1510. The minimum Gasteiger partial charge on any atom is -0.451 e. The molecule has 5 rings (SSSR count). The van der Waals surface area contributed by atoms with Crippen LogP contribution in [0.3, 0.4) is 0 Å². The largest absolute Gasteiger partial charge is 0.451 e. The van der Waals surface area contributed by atoms with Gasteiger partial charge in [0.25, 0.3) is 5.56 Å². The molecular weight excluding hydrogens is 468 g/mol. The molecule has 1 amide bonds. The number of para-hydroxylation sites is 1. The van der Waals surface area contributed by atoms with E-state index < -0.39 is 22.9 Å². The first kappa shape index (κ1) is 23.3. The van der Waals surface area contributed by atoms with Gasteiger partial charge in [-0.15, -0.1) is 0 Å². The summed E-state index contributed by atoms with van der Waals surface area (Å²) in [5.74, 6) is -1.87. The number of aromatic nitrogens is 3. The molecule has 0 bridgehead atoms. The summed E-state index contributed by atoms with van der Waals surface area (Å²) in [7, 11) is 0. The molecule has 1 saturated heterocycles. The van der Waals surface area contributed by atoms with E-state index in [-0.39, 0.29) is 23.5 Å². The van der Waals surface area contributed by atoms with E-state index in [1.165, 1.54) is 12.1 Å². The van der Waals surface area contributed by atoms with Crippen molar-refractivity contribution in [1.29, 1.82) is 0 Å². The predicted octanol–water partition coefficient (Wildman–Crippen LogP) is 4.39. The van der Waals surface area contributed by atoms with Crippen molar-refractivity contribution >= 4 is 22.6 Å². The highest BCUT2D eigenvalue weighted by molar-refractivity contribution is 6.02. The van der Waals surface area contributed by atoms with Gasteiger partial charge in [-0.1, -0.05) is 24.8 Å². The van der Waals surface area contributed by atoms with Crippen molar-refractivity contribution in [2.45, 2.75) is 18.9 Å². The van der Waals surface area contributed by atoms with Crippen LogP contribution in [0, 0.1) is 11.6 Å². The minimum atomic E-state index is -0.809. The van der Waals surface area contributed by atoms with Crippen molar-refractivity contribution in [1.82, 2.24) is 19.7 Å².